The van der Waals surface area contributed by atoms with Crippen LogP contribution in [0.1, 0.15) is 5.69 Å². The molecule has 0 atom stereocenters. The van der Waals surface area contributed by atoms with E-state index < -0.39 is 11.8 Å². The fourth-order valence-electron chi connectivity index (χ4n) is 2.63. The van der Waals surface area contributed by atoms with Crippen LogP contribution in [0.5, 0.6) is 11.6 Å². The van der Waals surface area contributed by atoms with E-state index in [4.69, 9.17) is 16.3 Å². The number of aromatic nitrogens is 4. The minimum atomic E-state index is -0.556. The zero-order valence-electron chi connectivity index (χ0n) is 16.2. The summed E-state index contributed by atoms with van der Waals surface area (Å²) >= 11 is 5.71. The van der Waals surface area contributed by atoms with Crippen LogP contribution in [0, 0.1) is 12.7 Å². The van der Waals surface area contributed by atoms with Gasteiger partial charge in [-0.15, -0.1) is 10.2 Å². The van der Waals surface area contributed by atoms with Gasteiger partial charge in [-0.25, -0.2) is 13.9 Å². The molecule has 31 heavy (non-hydrogen) atoms. The third-order valence-electron chi connectivity index (χ3n) is 4.10. The first kappa shape index (κ1) is 20.3. The highest BCUT2D eigenvalue weighted by Gasteiger charge is 2.07. The van der Waals surface area contributed by atoms with Gasteiger partial charge < -0.3 is 15.4 Å². The van der Waals surface area contributed by atoms with Crippen LogP contribution in [0.3, 0.4) is 0 Å². The molecule has 0 saturated carbocycles. The summed E-state index contributed by atoms with van der Waals surface area (Å²) in [5.74, 6) is 0.861. The molecule has 0 unspecified atom stereocenters. The van der Waals surface area contributed by atoms with Crippen LogP contribution in [0.15, 0.2) is 66.9 Å². The zero-order valence-corrected chi connectivity index (χ0v) is 17.0. The summed E-state index contributed by atoms with van der Waals surface area (Å²) in [6, 6.07) is 15.4. The molecule has 2 aromatic carbocycles. The van der Waals surface area contributed by atoms with Crippen molar-refractivity contribution in [3.05, 3.63) is 83.4 Å². The third-order valence-corrected chi connectivity index (χ3v) is 4.38. The largest absolute Gasteiger partial charge is 0.438 e. The van der Waals surface area contributed by atoms with Gasteiger partial charge in [0.05, 0.1) is 10.7 Å². The Hall–Kier alpha value is -3.98. The summed E-state index contributed by atoms with van der Waals surface area (Å²) in [5.41, 5.74) is 1.79. The fraction of sp³-hybridized carbons (Fsp3) is 0.0476. The zero-order chi connectivity index (χ0) is 21.8. The van der Waals surface area contributed by atoms with E-state index in [0.717, 1.165) is 5.69 Å². The lowest BCUT2D eigenvalue weighted by Gasteiger charge is -2.09. The van der Waals surface area contributed by atoms with Gasteiger partial charge in [0.25, 0.3) is 0 Å². The van der Waals surface area contributed by atoms with Crippen molar-refractivity contribution >= 4 is 29.0 Å². The highest BCUT2D eigenvalue weighted by atomic mass is 35.5. The maximum atomic E-state index is 13.2. The predicted octanol–water partition coefficient (Wildman–Crippen LogP) is 5.20. The molecule has 0 bridgehead atoms. The molecule has 2 N–H and O–H groups in total. The molecule has 0 saturated heterocycles. The molecule has 8 nitrogen and oxygen atoms in total. The summed E-state index contributed by atoms with van der Waals surface area (Å²) in [4.78, 5) is 12.1. The third kappa shape index (κ3) is 5.14. The number of nitrogens with one attached hydrogen (secondary N) is 2. The van der Waals surface area contributed by atoms with Gasteiger partial charge in [0.15, 0.2) is 5.82 Å². The minimum Gasteiger partial charge on any atom is -0.438 e. The first-order valence-corrected chi connectivity index (χ1v) is 9.51. The van der Waals surface area contributed by atoms with Gasteiger partial charge in [0.1, 0.15) is 11.6 Å². The van der Waals surface area contributed by atoms with E-state index in [9.17, 15) is 9.18 Å². The van der Waals surface area contributed by atoms with Crippen LogP contribution < -0.4 is 15.4 Å². The number of carbonyl (C=O) groups is 1. The number of ether oxygens (including phenoxy) is 1. The van der Waals surface area contributed by atoms with E-state index in [1.807, 2.05) is 13.0 Å². The average Bonchev–Trinajstić information content (AvgIpc) is 3.19. The molecular weight excluding hydrogens is 423 g/mol. The maximum Gasteiger partial charge on any atom is 0.323 e. The first-order valence-electron chi connectivity index (χ1n) is 9.14. The molecule has 156 valence electrons. The number of hydrogen-bond donors (Lipinski definition) is 2. The molecule has 4 aromatic rings. The second-order valence-corrected chi connectivity index (χ2v) is 6.87. The first-order chi connectivity index (χ1) is 15.0. The normalized spacial score (nSPS) is 10.5. The maximum absolute atomic E-state index is 13.2. The van der Waals surface area contributed by atoms with Crippen molar-refractivity contribution in [1.82, 2.24) is 20.0 Å². The Morgan fingerprint density at radius 1 is 1.00 bits per heavy atom. The Kier molecular flexibility index (Phi) is 5.76. The van der Waals surface area contributed by atoms with Gasteiger partial charge in [0, 0.05) is 23.6 Å². The lowest BCUT2D eigenvalue weighted by atomic mass is 10.3. The van der Waals surface area contributed by atoms with Crippen LogP contribution in [0.25, 0.3) is 5.82 Å². The van der Waals surface area contributed by atoms with Crippen LogP contribution in [0.4, 0.5) is 20.6 Å². The van der Waals surface area contributed by atoms with Crippen LogP contribution in [-0.4, -0.2) is 26.0 Å². The van der Waals surface area contributed by atoms with Gasteiger partial charge in [-0.2, -0.15) is 5.10 Å². The van der Waals surface area contributed by atoms with E-state index in [2.05, 4.69) is 25.9 Å². The molecule has 4 rings (SSSR count). The van der Waals surface area contributed by atoms with Gasteiger partial charge in [-0.3, -0.25) is 0 Å². The van der Waals surface area contributed by atoms with Crippen molar-refractivity contribution in [1.29, 1.82) is 0 Å². The molecule has 0 aliphatic carbocycles. The van der Waals surface area contributed by atoms with Gasteiger partial charge >= 0.3 is 6.03 Å². The molecule has 2 aromatic heterocycles. The van der Waals surface area contributed by atoms with Gasteiger partial charge in [-0.05, 0) is 61.5 Å². The molecule has 10 heteroatoms. The number of carbonyl (C=O) groups excluding carboxylic acids is 1. The van der Waals surface area contributed by atoms with E-state index in [1.165, 1.54) is 18.2 Å². The van der Waals surface area contributed by atoms with Crippen molar-refractivity contribution in [2.45, 2.75) is 6.92 Å². The van der Waals surface area contributed by atoms with E-state index >= 15 is 0 Å². The number of hydrogen-bond acceptors (Lipinski definition) is 5. The Balaban J connectivity index is 1.34. The number of halogens is 2. The second-order valence-electron chi connectivity index (χ2n) is 6.47. The SMILES string of the molecule is Cc1ccn(-c2ccc(Oc3ccc(NC(=O)Nc4ccc(F)c(Cl)c4)cc3)nn2)n1. The van der Waals surface area contributed by atoms with Crippen molar-refractivity contribution < 1.29 is 13.9 Å². The number of benzene rings is 2. The summed E-state index contributed by atoms with van der Waals surface area (Å²) in [7, 11) is 0. The van der Waals surface area contributed by atoms with Crippen LogP contribution in [0.2, 0.25) is 5.02 Å². The van der Waals surface area contributed by atoms with Crippen LogP contribution in [-0.2, 0) is 0 Å². The number of urea groups is 1. The summed E-state index contributed by atoms with van der Waals surface area (Å²) in [6.45, 7) is 1.89. The van der Waals surface area contributed by atoms with Crippen molar-refractivity contribution in [3.63, 3.8) is 0 Å². The fourth-order valence-corrected chi connectivity index (χ4v) is 2.81. The standard InChI is InChI=1S/C21H16ClFN6O2/c1-13-10-11-29(28-13)19-8-9-20(27-26-19)31-16-5-2-14(3-6-16)24-21(30)25-15-4-7-18(23)17(22)12-15/h2-12H,1H3,(H2,24,25,30). The molecule has 2 heterocycles. The second kappa shape index (κ2) is 8.80. The smallest absolute Gasteiger partial charge is 0.323 e. The highest BCUT2D eigenvalue weighted by molar-refractivity contribution is 6.31. The van der Waals surface area contributed by atoms with E-state index in [-0.39, 0.29) is 5.02 Å². The predicted molar refractivity (Wildman–Crippen MR) is 114 cm³/mol. The molecule has 0 aliphatic rings. The van der Waals surface area contributed by atoms with E-state index in [0.29, 0.717) is 28.8 Å². The molecule has 0 spiro atoms. The number of amides is 2. The Labute approximate surface area is 181 Å². The molecular formula is C21H16ClFN6O2. The minimum absolute atomic E-state index is 0.0739. The summed E-state index contributed by atoms with van der Waals surface area (Å²) in [6.07, 6.45) is 1.80. The number of rotatable bonds is 5. The topological polar surface area (TPSA) is 94.0 Å². The van der Waals surface area contributed by atoms with Gasteiger partial charge in [-0.1, -0.05) is 11.6 Å². The lowest BCUT2D eigenvalue weighted by Crippen LogP contribution is -2.19. The van der Waals surface area contributed by atoms with Crippen LogP contribution >= 0.6 is 11.6 Å². The quantitative estimate of drug-likeness (QED) is 0.446. The number of nitrogens with zero attached hydrogens (tertiary/aromatic N) is 4. The van der Waals surface area contributed by atoms with Crippen molar-refractivity contribution in [3.8, 4) is 17.4 Å². The van der Waals surface area contributed by atoms with Gasteiger partial charge in [0.2, 0.25) is 5.88 Å². The Bertz CT molecular complexity index is 1210. The van der Waals surface area contributed by atoms with Crippen molar-refractivity contribution in [2.24, 2.45) is 0 Å². The number of aryl methyl sites for hydroxylation is 1. The molecule has 2 amide bonds. The van der Waals surface area contributed by atoms with Crippen molar-refractivity contribution in [2.75, 3.05) is 10.6 Å². The van der Waals surface area contributed by atoms with E-state index in [1.54, 1.807) is 47.3 Å². The summed E-state index contributed by atoms with van der Waals surface area (Å²) < 4.78 is 20.5. The lowest BCUT2D eigenvalue weighted by molar-refractivity contribution is 0.262. The molecule has 0 radical (unpaired) electrons. The molecule has 0 aliphatic heterocycles. The monoisotopic (exact) mass is 438 g/mol. The Morgan fingerprint density at radius 3 is 2.39 bits per heavy atom. The average molecular weight is 439 g/mol. The molecule has 0 fully saturated rings. The number of anilines is 2. The Morgan fingerprint density at radius 2 is 1.74 bits per heavy atom. The summed E-state index contributed by atoms with van der Waals surface area (Å²) in [5, 5.41) is 17.6. The highest BCUT2D eigenvalue weighted by Crippen LogP contribution is 2.22.